The first-order chi connectivity index (χ1) is 14.0. The van der Waals surface area contributed by atoms with Gasteiger partial charge in [0.15, 0.2) is 0 Å². The fraction of sp³-hybridized carbons (Fsp3) is 0.625. The van der Waals surface area contributed by atoms with E-state index in [4.69, 9.17) is 5.10 Å². The molecule has 0 bridgehead atoms. The van der Waals surface area contributed by atoms with Crippen LogP contribution in [0.4, 0.5) is 0 Å². The standard InChI is InChI=1S/C24H37N5/c1-17-23(18(2)26-25-17)16-28(3)14-22-15-29(4)27-24(22)21-12-10-20(11-13-21)19-8-6-5-7-9-19/h10-13,15,17-19,23,25-26H,5-9,14,16H2,1-4H3. The second-order valence-corrected chi connectivity index (χ2v) is 9.36. The van der Waals surface area contributed by atoms with Crippen molar-refractivity contribution in [3.8, 4) is 11.3 Å². The van der Waals surface area contributed by atoms with Gasteiger partial charge in [0.25, 0.3) is 0 Å². The lowest BCUT2D eigenvalue weighted by molar-refractivity contribution is 0.249. The van der Waals surface area contributed by atoms with E-state index in [9.17, 15) is 0 Å². The van der Waals surface area contributed by atoms with Crippen LogP contribution in [0.5, 0.6) is 0 Å². The summed E-state index contributed by atoms with van der Waals surface area (Å²) in [5, 5.41) is 4.80. The summed E-state index contributed by atoms with van der Waals surface area (Å²) in [5.41, 5.74) is 11.9. The highest BCUT2D eigenvalue weighted by atomic mass is 15.4. The van der Waals surface area contributed by atoms with E-state index in [1.165, 1.54) is 48.8 Å². The van der Waals surface area contributed by atoms with Crippen molar-refractivity contribution >= 4 is 0 Å². The summed E-state index contributed by atoms with van der Waals surface area (Å²) in [4.78, 5) is 2.43. The second-order valence-electron chi connectivity index (χ2n) is 9.36. The largest absolute Gasteiger partial charge is 0.302 e. The smallest absolute Gasteiger partial charge is 0.0968 e. The van der Waals surface area contributed by atoms with E-state index in [1.54, 1.807) is 0 Å². The van der Waals surface area contributed by atoms with E-state index in [1.807, 2.05) is 11.7 Å². The first kappa shape index (κ1) is 20.6. The van der Waals surface area contributed by atoms with E-state index >= 15 is 0 Å². The summed E-state index contributed by atoms with van der Waals surface area (Å²) >= 11 is 0. The number of aryl methyl sites for hydroxylation is 1. The van der Waals surface area contributed by atoms with Crippen LogP contribution in [0.1, 0.15) is 63.0 Å². The van der Waals surface area contributed by atoms with Crippen molar-refractivity contribution in [2.45, 2.75) is 70.5 Å². The van der Waals surface area contributed by atoms with Crippen LogP contribution in [0, 0.1) is 5.92 Å². The molecule has 5 heteroatoms. The lowest BCUT2D eigenvalue weighted by atomic mass is 9.84. The van der Waals surface area contributed by atoms with Gasteiger partial charge in [0.1, 0.15) is 0 Å². The number of hydrogen-bond acceptors (Lipinski definition) is 4. The summed E-state index contributed by atoms with van der Waals surface area (Å²) in [6.07, 6.45) is 9.04. The Hall–Kier alpha value is -1.69. The summed E-state index contributed by atoms with van der Waals surface area (Å²) < 4.78 is 1.96. The molecule has 1 aromatic carbocycles. The maximum Gasteiger partial charge on any atom is 0.0968 e. The molecule has 158 valence electrons. The molecule has 29 heavy (non-hydrogen) atoms. The van der Waals surface area contributed by atoms with Crippen LogP contribution in [0.15, 0.2) is 30.5 Å². The van der Waals surface area contributed by atoms with Gasteiger partial charge in [-0.15, -0.1) is 0 Å². The predicted octanol–water partition coefficient (Wildman–Crippen LogP) is 4.07. The van der Waals surface area contributed by atoms with Crippen LogP contribution in [-0.2, 0) is 13.6 Å². The summed E-state index contributed by atoms with van der Waals surface area (Å²) in [6, 6.07) is 10.2. The van der Waals surface area contributed by atoms with Crippen molar-refractivity contribution in [2.24, 2.45) is 13.0 Å². The van der Waals surface area contributed by atoms with Crippen LogP contribution >= 0.6 is 0 Å². The van der Waals surface area contributed by atoms with Gasteiger partial charge in [-0.1, -0.05) is 43.5 Å². The number of nitrogens with one attached hydrogen (secondary N) is 2. The number of rotatable bonds is 6. The van der Waals surface area contributed by atoms with E-state index in [0.29, 0.717) is 18.0 Å². The highest BCUT2D eigenvalue weighted by Crippen LogP contribution is 2.34. The molecule has 0 amide bonds. The molecule has 4 rings (SSSR count). The molecule has 2 fully saturated rings. The van der Waals surface area contributed by atoms with Gasteiger partial charge in [-0.25, -0.2) is 0 Å². The fourth-order valence-corrected chi connectivity index (χ4v) is 5.19. The average Bonchev–Trinajstić information content (AvgIpc) is 3.25. The number of benzene rings is 1. The van der Waals surface area contributed by atoms with Crippen molar-refractivity contribution in [2.75, 3.05) is 13.6 Å². The molecular formula is C24H37N5. The number of hydrazine groups is 1. The van der Waals surface area contributed by atoms with Crippen molar-refractivity contribution in [1.29, 1.82) is 0 Å². The predicted molar refractivity (Wildman–Crippen MR) is 119 cm³/mol. The van der Waals surface area contributed by atoms with Gasteiger partial charge in [-0.2, -0.15) is 5.10 Å². The van der Waals surface area contributed by atoms with Crippen LogP contribution < -0.4 is 10.9 Å². The summed E-state index contributed by atoms with van der Waals surface area (Å²) in [7, 11) is 4.25. The second kappa shape index (κ2) is 8.99. The molecule has 1 aliphatic heterocycles. The molecule has 1 aromatic heterocycles. The van der Waals surface area contributed by atoms with E-state index in [2.05, 4.69) is 67.1 Å². The Morgan fingerprint density at radius 3 is 2.34 bits per heavy atom. The van der Waals surface area contributed by atoms with Crippen molar-refractivity contribution in [1.82, 2.24) is 25.5 Å². The quantitative estimate of drug-likeness (QED) is 0.774. The Kier molecular flexibility index (Phi) is 6.38. The maximum atomic E-state index is 4.80. The Morgan fingerprint density at radius 1 is 1.03 bits per heavy atom. The maximum absolute atomic E-state index is 4.80. The zero-order valence-electron chi connectivity index (χ0n) is 18.5. The number of nitrogens with zero attached hydrogens (tertiary/aromatic N) is 3. The van der Waals surface area contributed by atoms with E-state index in [0.717, 1.165) is 24.7 Å². The molecule has 1 saturated carbocycles. The number of aromatic nitrogens is 2. The Balaban J connectivity index is 1.46. The molecule has 1 aliphatic carbocycles. The first-order valence-electron chi connectivity index (χ1n) is 11.3. The zero-order valence-corrected chi connectivity index (χ0v) is 18.5. The van der Waals surface area contributed by atoms with Gasteiger partial charge >= 0.3 is 0 Å². The van der Waals surface area contributed by atoms with Crippen LogP contribution in [0.25, 0.3) is 11.3 Å². The average molecular weight is 396 g/mol. The highest BCUT2D eigenvalue weighted by Gasteiger charge is 2.30. The minimum absolute atomic E-state index is 0.494. The molecule has 0 spiro atoms. The molecule has 2 unspecified atom stereocenters. The molecule has 0 radical (unpaired) electrons. The molecule has 1 saturated heterocycles. The normalized spacial score (nSPS) is 25.8. The molecule has 2 aliphatic rings. The molecule has 2 N–H and O–H groups in total. The molecule has 2 aromatic rings. The monoisotopic (exact) mass is 395 g/mol. The molecular weight excluding hydrogens is 358 g/mol. The minimum atomic E-state index is 0.494. The summed E-state index contributed by atoms with van der Waals surface area (Å²) in [5.74, 6) is 1.36. The van der Waals surface area contributed by atoms with E-state index < -0.39 is 0 Å². The summed E-state index contributed by atoms with van der Waals surface area (Å²) in [6.45, 7) is 6.51. The molecule has 2 heterocycles. The van der Waals surface area contributed by atoms with Crippen molar-refractivity contribution in [3.05, 3.63) is 41.6 Å². The third-order valence-electron chi connectivity index (χ3n) is 6.95. The Morgan fingerprint density at radius 2 is 1.69 bits per heavy atom. The molecule has 5 nitrogen and oxygen atoms in total. The van der Waals surface area contributed by atoms with Crippen LogP contribution in [0.3, 0.4) is 0 Å². The fourth-order valence-electron chi connectivity index (χ4n) is 5.19. The Bertz CT molecular complexity index is 780. The number of hydrogen-bond donors (Lipinski definition) is 2. The van der Waals surface area contributed by atoms with E-state index in [-0.39, 0.29) is 0 Å². The third-order valence-corrected chi connectivity index (χ3v) is 6.95. The zero-order chi connectivity index (χ0) is 20.4. The first-order valence-corrected chi connectivity index (χ1v) is 11.3. The van der Waals surface area contributed by atoms with Gasteiger partial charge in [-0.3, -0.25) is 15.5 Å². The SMILES string of the molecule is CC1NNC(C)C1CN(C)Cc1cn(C)nc1-c1ccc(C2CCCCC2)cc1. The van der Waals surface area contributed by atoms with Gasteiger partial charge in [0, 0.05) is 55.5 Å². The van der Waals surface area contributed by atoms with Crippen molar-refractivity contribution < 1.29 is 0 Å². The topological polar surface area (TPSA) is 45.1 Å². The lowest BCUT2D eigenvalue weighted by Crippen LogP contribution is -2.35. The molecule has 2 atom stereocenters. The van der Waals surface area contributed by atoms with Gasteiger partial charge < -0.3 is 4.90 Å². The Labute approximate surface area is 175 Å². The van der Waals surface area contributed by atoms with Crippen LogP contribution in [0.2, 0.25) is 0 Å². The third kappa shape index (κ3) is 4.73. The van der Waals surface area contributed by atoms with Gasteiger partial charge in [-0.05, 0) is 45.2 Å². The lowest BCUT2D eigenvalue weighted by Gasteiger charge is -2.25. The minimum Gasteiger partial charge on any atom is -0.302 e. The van der Waals surface area contributed by atoms with Crippen LogP contribution in [-0.4, -0.2) is 40.4 Å². The van der Waals surface area contributed by atoms with Gasteiger partial charge in [0.05, 0.1) is 5.69 Å². The highest BCUT2D eigenvalue weighted by molar-refractivity contribution is 5.63. The van der Waals surface area contributed by atoms with Gasteiger partial charge in [0.2, 0.25) is 0 Å². The van der Waals surface area contributed by atoms with Crippen molar-refractivity contribution in [3.63, 3.8) is 0 Å².